The second kappa shape index (κ2) is 5.24. The molecule has 0 spiro atoms. The van der Waals surface area contributed by atoms with Gasteiger partial charge < -0.3 is 5.11 Å². The van der Waals surface area contributed by atoms with E-state index in [4.69, 9.17) is 0 Å². The zero-order valence-corrected chi connectivity index (χ0v) is 11.5. The van der Waals surface area contributed by atoms with Gasteiger partial charge in [-0.2, -0.15) is 0 Å². The summed E-state index contributed by atoms with van der Waals surface area (Å²) in [7, 11) is -3.79. The highest BCUT2D eigenvalue weighted by atomic mass is 32.2. The molecule has 0 fully saturated rings. The molecule has 0 saturated carbocycles. The molecule has 0 aliphatic rings. The predicted molar refractivity (Wildman–Crippen MR) is 70.0 cm³/mol. The zero-order valence-electron chi connectivity index (χ0n) is 9.87. The topological polar surface area (TPSA) is 79.3 Å². The smallest absolute Gasteiger partial charge is 0.263 e. The molecule has 0 bridgehead atoms. The summed E-state index contributed by atoms with van der Waals surface area (Å²) < 4.78 is 38.9. The Labute approximate surface area is 113 Å². The van der Waals surface area contributed by atoms with Gasteiger partial charge in [0.2, 0.25) is 0 Å². The Balaban J connectivity index is 2.23. The lowest BCUT2D eigenvalue weighted by atomic mass is 10.3. The molecule has 102 valence electrons. The van der Waals surface area contributed by atoms with Crippen LogP contribution < -0.4 is 4.72 Å². The summed E-state index contributed by atoms with van der Waals surface area (Å²) in [6.07, 6.45) is -0.764. The summed E-state index contributed by atoms with van der Waals surface area (Å²) in [6, 6.07) is 4.47. The van der Waals surface area contributed by atoms with Crippen molar-refractivity contribution >= 4 is 26.5 Å². The number of nitrogens with zero attached hydrogens (tertiary/aromatic N) is 1. The van der Waals surface area contributed by atoms with E-state index >= 15 is 0 Å². The molecule has 0 aliphatic carbocycles. The fourth-order valence-electron chi connectivity index (χ4n) is 1.31. The van der Waals surface area contributed by atoms with E-state index < -0.39 is 21.9 Å². The largest absolute Gasteiger partial charge is 0.387 e. The van der Waals surface area contributed by atoms with Crippen molar-refractivity contribution in [1.29, 1.82) is 0 Å². The standard InChI is InChI=1S/C11H11FN2O3S2/c1-7(15)10-6-18-11(13-10)14-19(16,17)9-4-2-8(12)3-5-9/h2-7,15H,1H3,(H,13,14). The van der Waals surface area contributed by atoms with Crippen molar-refractivity contribution in [1.82, 2.24) is 4.98 Å². The maximum absolute atomic E-state index is 12.7. The number of nitrogens with one attached hydrogen (secondary N) is 1. The van der Waals surface area contributed by atoms with E-state index in [0.717, 1.165) is 23.5 Å². The van der Waals surface area contributed by atoms with Gasteiger partial charge in [-0.1, -0.05) is 0 Å². The molecule has 2 aromatic rings. The summed E-state index contributed by atoms with van der Waals surface area (Å²) in [5.41, 5.74) is 0.391. The third-order valence-corrected chi connectivity index (χ3v) is 4.56. The molecule has 0 saturated heterocycles. The molecule has 19 heavy (non-hydrogen) atoms. The Morgan fingerprint density at radius 1 is 1.37 bits per heavy atom. The molecule has 8 heteroatoms. The Morgan fingerprint density at radius 2 is 2.00 bits per heavy atom. The molecule has 1 aromatic carbocycles. The lowest BCUT2D eigenvalue weighted by Gasteiger charge is -2.04. The minimum absolute atomic E-state index is 0.0531. The van der Waals surface area contributed by atoms with E-state index in [2.05, 4.69) is 9.71 Å². The summed E-state index contributed by atoms with van der Waals surface area (Å²) in [5.74, 6) is -0.510. The molecule has 1 atom stereocenters. The average Bonchev–Trinajstić information content (AvgIpc) is 2.77. The van der Waals surface area contributed by atoms with Crippen molar-refractivity contribution in [2.45, 2.75) is 17.9 Å². The molecule has 1 heterocycles. The van der Waals surface area contributed by atoms with Crippen molar-refractivity contribution in [3.05, 3.63) is 41.2 Å². The molecule has 2 N–H and O–H groups in total. The van der Waals surface area contributed by atoms with Crippen molar-refractivity contribution in [3.8, 4) is 0 Å². The molecule has 5 nitrogen and oxygen atoms in total. The van der Waals surface area contributed by atoms with E-state index in [0.29, 0.717) is 5.69 Å². The number of thiazole rings is 1. The maximum atomic E-state index is 12.7. The first-order valence-electron chi connectivity index (χ1n) is 5.30. The summed E-state index contributed by atoms with van der Waals surface area (Å²) >= 11 is 1.07. The summed E-state index contributed by atoms with van der Waals surface area (Å²) in [5, 5.41) is 11.0. The molecule has 1 aromatic heterocycles. The van der Waals surface area contributed by atoms with Gasteiger partial charge in [0, 0.05) is 5.38 Å². The van der Waals surface area contributed by atoms with Gasteiger partial charge in [0.1, 0.15) is 5.82 Å². The van der Waals surface area contributed by atoms with Gasteiger partial charge in [-0.05, 0) is 31.2 Å². The van der Waals surface area contributed by atoms with E-state index in [9.17, 15) is 17.9 Å². The number of aromatic nitrogens is 1. The van der Waals surface area contributed by atoms with Gasteiger partial charge >= 0.3 is 0 Å². The number of benzene rings is 1. The number of hydrogen-bond acceptors (Lipinski definition) is 5. The van der Waals surface area contributed by atoms with Crippen molar-refractivity contribution in [3.63, 3.8) is 0 Å². The monoisotopic (exact) mass is 302 g/mol. The van der Waals surface area contributed by atoms with Crippen LogP contribution in [0, 0.1) is 5.82 Å². The first kappa shape index (κ1) is 13.9. The van der Waals surface area contributed by atoms with Gasteiger partial charge in [0.25, 0.3) is 10.0 Å². The maximum Gasteiger partial charge on any atom is 0.263 e. The number of hydrogen-bond donors (Lipinski definition) is 2. The van der Waals surface area contributed by atoms with Crippen LogP contribution in [0.1, 0.15) is 18.7 Å². The average molecular weight is 302 g/mol. The van der Waals surface area contributed by atoms with E-state index in [1.54, 1.807) is 5.38 Å². The summed E-state index contributed by atoms with van der Waals surface area (Å²) in [4.78, 5) is 3.89. The number of rotatable bonds is 4. The van der Waals surface area contributed by atoms with E-state index in [-0.39, 0.29) is 10.0 Å². The number of sulfonamides is 1. The Hall–Kier alpha value is -1.51. The minimum atomic E-state index is -3.79. The lowest BCUT2D eigenvalue weighted by molar-refractivity contribution is 0.195. The van der Waals surface area contributed by atoms with Crippen LogP contribution >= 0.6 is 11.3 Å². The Morgan fingerprint density at radius 3 is 2.53 bits per heavy atom. The fourth-order valence-corrected chi connectivity index (χ4v) is 3.36. The van der Waals surface area contributed by atoms with Gasteiger partial charge in [-0.25, -0.2) is 17.8 Å². The van der Waals surface area contributed by atoms with E-state index in [1.165, 1.54) is 19.1 Å². The lowest BCUT2D eigenvalue weighted by Crippen LogP contribution is -2.12. The van der Waals surface area contributed by atoms with Gasteiger partial charge in [0.05, 0.1) is 16.7 Å². The second-order valence-corrected chi connectivity index (χ2v) is 6.35. The van der Waals surface area contributed by atoms with Crippen LogP contribution in [0.5, 0.6) is 0 Å². The van der Waals surface area contributed by atoms with Crippen LogP contribution in [0.25, 0.3) is 0 Å². The molecule has 0 radical (unpaired) electrons. The SMILES string of the molecule is CC(O)c1csc(NS(=O)(=O)c2ccc(F)cc2)n1. The number of halogens is 1. The highest BCUT2D eigenvalue weighted by molar-refractivity contribution is 7.93. The Kier molecular flexibility index (Phi) is 3.83. The number of aliphatic hydroxyl groups excluding tert-OH is 1. The number of anilines is 1. The molecule has 2 rings (SSSR count). The van der Waals surface area contributed by atoms with Crippen molar-refractivity contribution < 1.29 is 17.9 Å². The molecule has 1 unspecified atom stereocenters. The second-order valence-electron chi connectivity index (χ2n) is 3.81. The first-order valence-corrected chi connectivity index (χ1v) is 7.66. The quantitative estimate of drug-likeness (QED) is 0.907. The molecule has 0 amide bonds. The number of aliphatic hydroxyl groups is 1. The zero-order chi connectivity index (χ0) is 14.0. The van der Waals surface area contributed by atoms with Gasteiger partial charge in [-0.3, -0.25) is 4.72 Å². The van der Waals surface area contributed by atoms with Gasteiger partial charge in [0.15, 0.2) is 5.13 Å². The molecular weight excluding hydrogens is 291 g/mol. The molecular formula is C11H11FN2O3S2. The van der Waals surface area contributed by atoms with Crippen LogP contribution in [-0.4, -0.2) is 18.5 Å². The van der Waals surface area contributed by atoms with Crippen LogP contribution in [0.15, 0.2) is 34.5 Å². The third kappa shape index (κ3) is 3.28. The summed E-state index contributed by atoms with van der Waals surface area (Å²) in [6.45, 7) is 1.54. The van der Waals surface area contributed by atoms with Crippen LogP contribution in [-0.2, 0) is 10.0 Å². The van der Waals surface area contributed by atoms with Crippen LogP contribution in [0.4, 0.5) is 9.52 Å². The van der Waals surface area contributed by atoms with Crippen LogP contribution in [0.2, 0.25) is 0 Å². The van der Waals surface area contributed by atoms with Crippen molar-refractivity contribution in [2.75, 3.05) is 4.72 Å². The first-order chi connectivity index (χ1) is 8.88. The Bertz CT molecular complexity index is 666. The molecule has 0 aliphatic heterocycles. The third-order valence-electron chi connectivity index (χ3n) is 2.30. The predicted octanol–water partition coefficient (Wildman–Crippen LogP) is 2.14. The van der Waals surface area contributed by atoms with Crippen molar-refractivity contribution in [2.24, 2.45) is 0 Å². The minimum Gasteiger partial charge on any atom is -0.387 e. The van der Waals surface area contributed by atoms with E-state index in [1.807, 2.05) is 0 Å². The van der Waals surface area contributed by atoms with Gasteiger partial charge in [-0.15, -0.1) is 11.3 Å². The van der Waals surface area contributed by atoms with Crippen LogP contribution in [0.3, 0.4) is 0 Å². The highest BCUT2D eigenvalue weighted by Crippen LogP contribution is 2.23. The highest BCUT2D eigenvalue weighted by Gasteiger charge is 2.16. The fraction of sp³-hybridized carbons (Fsp3) is 0.182. The normalized spacial score (nSPS) is 13.2.